The third-order valence-corrected chi connectivity index (χ3v) is 3.42. The van der Waals surface area contributed by atoms with Crippen LogP contribution in [-0.2, 0) is 16.5 Å². The second kappa shape index (κ2) is 12.4. The van der Waals surface area contributed by atoms with Gasteiger partial charge in [-0.3, -0.25) is 9.98 Å². The van der Waals surface area contributed by atoms with E-state index in [0.29, 0.717) is 0 Å². The van der Waals surface area contributed by atoms with Gasteiger partial charge >= 0.3 is 45.4 Å². The maximum absolute atomic E-state index is 8.83. The van der Waals surface area contributed by atoms with Crippen molar-refractivity contribution in [2.24, 2.45) is 9.98 Å². The zero-order valence-corrected chi connectivity index (χ0v) is 18.2. The molecular weight excluding hydrogens is 406 g/mol. The van der Waals surface area contributed by atoms with Crippen LogP contribution in [0, 0.1) is 10.2 Å². The van der Waals surface area contributed by atoms with E-state index in [-0.39, 0.29) is 27.6 Å². The van der Waals surface area contributed by atoms with Gasteiger partial charge in [0.15, 0.2) is 0 Å². The van der Waals surface area contributed by atoms with E-state index in [9.17, 15) is 0 Å². The molecule has 1 aliphatic heterocycles. The van der Waals surface area contributed by atoms with E-state index in [1.165, 1.54) is 11.4 Å². The molecule has 0 bridgehead atoms. The quantitative estimate of drug-likeness (QED) is 0.488. The Bertz CT molecular complexity index is 424. The summed E-state index contributed by atoms with van der Waals surface area (Å²) < 4.78 is 30.2. The van der Waals surface area contributed by atoms with E-state index in [1.807, 2.05) is 0 Å². The Labute approximate surface area is 169 Å². The number of aliphatic imine (C=N–C) groups is 2. The molecule has 0 aromatic carbocycles. The van der Waals surface area contributed by atoms with Crippen LogP contribution in [0.2, 0.25) is 0 Å². The summed E-state index contributed by atoms with van der Waals surface area (Å²) in [6.07, 6.45) is 1.83. The van der Waals surface area contributed by atoms with Crippen molar-refractivity contribution in [3.63, 3.8) is 0 Å². The number of rotatable bonds is 0. The van der Waals surface area contributed by atoms with Crippen LogP contribution < -0.4 is 4.66 Å². The Morgan fingerprint density at radius 1 is 0.846 bits per heavy atom. The van der Waals surface area contributed by atoms with Gasteiger partial charge in [0.25, 0.3) is 0 Å². The maximum atomic E-state index is 8.83. The van der Waals surface area contributed by atoms with E-state index in [1.54, 1.807) is 0 Å². The molecule has 0 aromatic rings. The van der Waals surface area contributed by atoms with Gasteiger partial charge in [-0.15, -0.1) is 24.2 Å². The third kappa shape index (κ3) is 18.7. The van der Waals surface area contributed by atoms with Crippen molar-refractivity contribution >= 4 is 11.4 Å². The van der Waals surface area contributed by atoms with Crippen LogP contribution in [0.3, 0.4) is 0 Å². The molecule has 8 nitrogen and oxygen atoms in total. The van der Waals surface area contributed by atoms with Gasteiger partial charge in [-0.05, 0) is 26.7 Å². The second-order valence-corrected chi connectivity index (χ2v) is 8.28. The van der Waals surface area contributed by atoms with Crippen molar-refractivity contribution in [3.8, 4) is 0 Å². The Morgan fingerprint density at radius 3 is 1.38 bits per heavy atom. The van der Waals surface area contributed by atoms with Gasteiger partial charge in [-0.1, -0.05) is 27.7 Å². The fourth-order valence-corrected chi connectivity index (χ4v) is 2.66. The van der Waals surface area contributed by atoms with Crippen LogP contribution in [0.15, 0.2) is 9.98 Å². The zero-order valence-electron chi connectivity index (χ0n) is 16.5. The average molecular weight is 440 g/mol. The summed E-state index contributed by atoms with van der Waals surface area (Å²) in [4.78, 5) is 9.25. The number of nitrogens with zero attached hydrogens (tertiary/aromatic N) is 4. The zero-order chi connectivity index (χ0) is 19.7. The molecule has 0 aromatic heterocycles. The van der Waals surface area contributed by atoms with Crippen molar-refractivity contribution in [1.82, 2.24) is 0 Å². The fourth-order valence-electron chi connectivity index (χ4n) is 2.66. The monoisotopic (exact) mass is 438 g/mol. The van der Waals surface area contributed by atoms with Crippen LogP contribution in [0.1, 0.15) is 54.4 Å². The predicted octanol–water partition coefficient (Wildman–Crippen LogP) is 1.14. The molecule has 0 fully saturated rings. The van der Waals surface area contributed by atoms with E-state index < -0.39 is 10.2 Å². The molecule has 1 aliphatic rings. The molecule has 3 N–H and O–H groups in total. The van der Waals surface area contributed by atoms with Gasteiger partial charge in [0.05, 0.1) is 0 Å². The first kappa shape index (κ1) is 28.1. The Balaban J connectivity index is 0. The number of hydrogen-bond acceptors (Lipinski definition) is 6. The van der Waals surface area contributed by atoms with Gasteiger partial charge in [0, 0.05) is 24.5 Å². The van der Waals surface area contributed by atoms with Crippen molar-refractivity contribution in [2.75, 3.05) is 26.2 Å². The van der Waals surface area contributed by atoms with Gasteiger partial charge in [-0.2, -0.15) is 0 Å². The number of halogens is 1. The van der Waals surface area contributed by atoms with Gasteiger partial charge in [0.1, 0.15) is 0 Å². The first-order valence-corrected chi connectivity index (χ1v) is 9.56. The van der Waals surface area contributed by atoms with Crippen molar-refractivity contribution in [3.05, 3.63) is 10.6 Å². The van der Waals surface area contributed by atoms with E-state index in [2.05, 4.69) is 51.5 Å². The summed E-state index contributed by atoms with van der Waals surface area (Å²) in [7, 11) is -4.19. The SMILES string of the molecule is CC1=NCC[N-]C(C)(C)CC(C)=NCC[N-]C(C)(C)C1.[Ni+2].[O-][Cl+](O)(O)O. The van der Waals surface area contributed by atoms with E-state index in [0.717, 1.165) is 39.0 Å². The van der Waals surface area contributed by atoms with Crippen molar-refractivity contribution < 1.29 is 45.4 Å². The molecule has 158 valence electrons. The first-order chi connectivity index (χ1) is 11.2. The molecule has 1 heterocycles. The van der Waals surface area contributed by atoms with Crippen molar-refractivity contribution in [1.29, 1.82) is 0 Å². The molecular formula is C16H33ClN4NiO4. The molecule has 0 unspecified atom stereocenters. The summed E-state index contributed by atoms with van der Waals surface area (Å²) in [6.45, 7) is 16.0. The fraction of sp³-hybridized carbons (Fsp3) is 0.875. The molecule has 0 aliphatic carbocycles. The second-order valence-electron chi connectivity index (χ2n) is 7.41. The normalized spacial score (nSPS) is 22.4. The van der Waals surface area contributed by atoms with Crippen LogP contribution in [0.4, 0.5) is 0 Å². The summed E-state index contributed by atoms with van der Waals surface area (Å²) in [5, 5.41) is 9.51. The molecule has 0 saturated heterocycles. The van der Waals surface area contributed by atoms with E-state index >= 15 is 0 Å². The molecule has 0 spiro atoms. The Morgan fingerprint density at radius 2 is 1.12 bits per heavy atom. The topological polar surface area (TPSA) is 137 Å². The molecule has 0 saturated carbocycles. The Hall–Kier alpha value is -0.116. The molecule has 26 heavy (non-hydrogen) atoms. The third-order valence-electron chi connectivity index (χ3n) is 3.42. The van der Waals surface area contributed by atoms with Crippen LogP contribution >= 0.6 is 0 Å². The summed E-state index contributed by atoms with van der Waals surface area (Å²) in [5.41, 5.74) is 2.25. The van der Waals surface area contributed by atoms with Crippen LogP contribution in [0.5, 0.6) is 0 Å². The van der Waals surface area contributed by atoms with Crippen LogP contribution in [-0.4, -0.2) is 62.7 Å². The van der Waals surface area contributed by atoms with Crippen LogP contribution in [0.25, 0.3) is 10.6 Å². The summed E-state index contributed by atoms with van der Waals surface area (Å²) >= 11 is 0. The molecule has 0 amide bonds. The van der Waals surface area contributed by atoms with Gasteiger partial charge < -0.3 is 10.6 Å². The molecule has 0 atom stereocenters. The first-order valence-electron chi connectivity index (χ1n) is 8.23. The van der Waals surface area contributed by atoms with Crippen molar-refractivity contribution in [2.45, 2.75) is 65.5 Å². The number of hydrogen-bond donors (Lipinski definition) is 3. The predicted molar refractivity (Wildman–Crippen MR) is 96.5 cm³/mol. The average Bonchev–Trinajstić information content (AvgIpc) is 2.36. The summed E-state index contributed by atoms with van der Waals surface area (Å²) in [5.74, 6) is 0. The Kier molecular flexibility index (Phi) is 13.4. The van der Waals surface area contributed by atoms with Gasteiger partial charge in [0.2, 0.25) is 0 Å². The summed E-state index contributed by atoms with van der Waals surface area (Å²) in [6, 6.07) is 0. The molecule has 1 rings (SSSR count). The minimum absolute atomic E-state index is 0. The molecule has 10 heteroatoms. The molecule has 0 radical (unpaired) electrons. The standard InChI is InChI=1S/C16H30N4.ClH3O4.Ni/c1-13-11-15(3,4)19-10-8-18-14(2)12-16(5,6)20-9-7-17-13;2-1(3,4)5;/h7-12H2,1-6H3;2-4H;/q-2;;+2. The van der Waals surface area contributed by atoms with Gasteiger partial charge in [-0.25, -0.2) is 0 Å². The minimum atomic E-state index is -4.19. The van der Waals surface area contributed by atoms with E-state index in [4.69, 9.17) is 29.3 Å².